The van der Waals surface area contributed by atoms with Gasteiger partial charge < -0.3 is 20.1 Å². The first kappa shape index (κ1) is 31.6. The number of nitrogens with one attached hydrogen (secondary N) is 2. The normalized spacial score (nSPS) is 26.0. The zero-order valence-electron chi connectivity index (χ0n) is 27.2. The lowest BCUT2D eigenvalue weighted by atomic mass is 9.91. The third-order valence-corrected chi connectivity index (χ3v) is 8.41. The van der Waals surface area contributed by atoms with Gasteiger partial charge in [-0.05, 0) is 90.5 Å². The van der Waals surface area contributed by atoms with Crippen molar-refractivity contribution in [2.45, 2.75) is 122 Å². The molecule has 0 spiro atoms. The largest absolute Gasteiger partial charge is 0.350 e. The summed E-state index contributed by atoms with van der Waals surface area (Å²) >= 11 is 0. The van der Waals surface area contributed by atoms with Crippen molar-refractivity contribution in [2.24, 2.45) is 0 Å². The number of rotatable bonds is 6. The maximum atomic E-state index is 13.6. The molecule has 8 heteroatoms. The third-order valence-electron chi connectivity index (χ3n) is 8.41. The molecule has 1 fully saturated rings. The minimum absolute atomic E-state index is 0.0308. The van der Waals surface area contributed by atoms with Crippen LogP contribution in [0.1, 0.15) is 77.6 Å². The second-order valence-electron chi connectivity index (χ2n) is 15.0. The van der Waals surface area contributed by atoms with E-state index in [0.29, 0.717) is 39.0 Å². The van der Waals surface area contributed by atoms with Crippen molar-refractivity contribution < 1.29 is 19.1 Å². The lowest BCUT2D eigenvalue weighted by Crippen LogP contribution is -2.58. The summed E-state index contributed by atoms with van der Waals surface area (Å²) in [7, 11) is 0. The Morgan fingerprint density at radius 1 is 0.698 bits per heavy atom. The highest BCUT2D eigenvalue weighted by atomic mass is 16.8. The summed E-state index contributed by atoms with van der Waals surface area (Å²) in [5.74, 6) is -0.713. The van der Waals surface area contributed by atoms with E-state index in [1.165, 1.54) is 22.3 Å². The molecule has 2 aromatic carbocycles. The van der Waals surface area contributed by atoms with Crippen molar-refractivity contribution in [1.29, 1.82) is 0 Å². The van der Waals surface area contributed by atoms with Gasteiger partial charge in [0.2, 0.25) is 11.8 Å². The molecule has 43 heavy (non-hydrogen) atoms. The Balaban J connectivity index is 1.39. The van der Waals surface area contributed by atoms with Crippen LogP contribution in [-0.2, 0) is 45.0 Å². The molecule has 2 unspecified atom stereocenters. The minimum Gasteiger partial charge on any atom is -0.350 e. The van der Waals surface area contributed by atoms with E-state index in [1.54, 1.807) is 0 Å². The van der Waals surface area contributed by atoms with Crippen LogP contribution in [0.5, 0.6) is 0 Å². The van der Waals surface area contributed by atoms with Gasteiger partial charge in [-0.25, -0.2) is 0 Å². The highest BCUT2D eigenvalue weighted by Crippen LogP contribution is 2.34. The molecular formula is C35H50N4O4. The van der Waals surface area contributed by atoms with Crippen LogP contribution in [0.4, 0.5) is 0 Å². The van der Waals surface area contributed by atoms with Gasteiger partial charge in [0.1, 0.15) is 12.2 Å². The third kappa shape index (κ3) is 7.85. The highest BCUT2D eigenvalue weighted by Gasteiger charge is 2.46. The van der Waals surface area contributed by atoms with Gasteiger partial charge in [-0.2, -0.15) is 0 Å². The van der Waals surface area contributed by atoms with Gasteiger partial charge in [0.05, 0.1) is 12.1 Å². The van der Waals surface area contributed by atoms with Crippen molar-refractivity contribution in [3.8, 4) is 0 Å². The molecule has 4 atom stereocenters. The van der Waals surface area contributed by atoms with E-state index in [4.69, 9.17) is 9.47 Å². The number of carbonyl (C=O) groups excluding carboxylic acids is 2. The number of amides is 2. The van der Waals surface area contributed by atoms with Crippen LogP contribution in [-0.4, -0.2) is 75.9 Å². The summed E-state index contributed by atoms with van der Waals surface area (Å²) in [5.41, 5.74) is 4.25. The van der Waals surface area contributed by atoms with Gasteiger partial charge in [0.15, 0.2) is 5.79 Å². The van der Waals surface area contributed by atoms with E-state index in [-0.39, 0.29) is 47.2 Å². The van der Waals surface area contributed by atoms with Crippen molar-refractivity contribution in [3.05, 3.63) is 70.8 Å². The minimum atomic E-state index is -0.775. The number of ether oxygens (including phenoxy) is 2. The van der Waals surface area contributed by atoms with Gasteiger partial charge in [0, 0.05) is 37.3 Å². The smallest absolute Gasteiger partial charge is 0.238 e. The predicted octanol–water partition coefficient (Wildman–Crippen LogP) is 4.19. The highest BCUT2D eigenvalue weighted by molar-refractivity contribution is 5.83. The van der Waals surface area contributed by atoms with E-state index < -0.39 is 5.79 Å². The lowest BCUT2D eigenvalue weighted by Gasteiger charge is -2.40. The fourth-order valence-corrected chi connectivity index (χ4v) is 6.64. The van der Waals surface area contributed by atoms with E-state index >= 15 is 0 Å². The van der Waals surface area contributed by atoms with Crippen LogP contribution < -0.4 is 10.6 Å². The molecule has 0 bridgehead atoms. The Bertz CT molecular complexity index is 1230. The van der Waals surface area contributed by atoms with Gasteiger partial charge >= 0.3 is 0 Å². The number of hydrogen-bond acceptors (Lipinski definition) is 6. The second kappa shape index (κ2) is 12.0. The van der Waals surface area contributed by atoms with Crippen molar-refractivity contribution in [3.63, 3.8) is 0 Å². The molecule has 1 saturated heterocycles. The zero-order chi connectivity index (χ0) is 31.2. The molecule has 0 aromatic heterocycles. The number of carbonyl (C=O) groups is 2. The predicted molar refractivity (Wildman–Crippen MR) is 168 cm³/mol. The second-order valence-corrected chi connectivity index (χ2v) is 15.0. The van der Waals surface area contributed by atoms with E-state index in [1.807, 2.05) is 67.5 Å². The Morgan fingerprint density at radius 2 is 1.05 bits per heavy atom. The van der Waals surface area contributed by atoms with Gasteiger partial charge in [-0.15, -0.1) is 0 Å². The molecule has 3 heterocycles. The number of benzene rings is 2. The fraction of sp³-hybridized carbons (Fsp3) is 0.600. The maximum absolute atomic E-state index is 13.6. The van der Waals surface area contributed by atoms with E-state index in [2.05, 4.69) is 56.8 Å². The molecule has 5 rings (SSSR count). The molecule has 234 valence electrons. The summed E-state index contributed by atoms with van der Waals surface area (Å²) in [6, 6.07) is 16.1. The average Bonchev–Trinajstić information content (AvgIpc) is 3.18. The monoisotopic (exact) mass is 590 g/mol. The summed E-state index contributed by atoms with van der Waals surface area (Å²) in [4.78, 5) is 31.7. The molecule has 2 N–H and O–H groups in total. The molecular weight excluding hydrogens is 540 g/mol. The Labute approximate surface area is 257 Å². The van der Waals surface area contributed by atoms with Crippen LogP contribution >= 0.6 is 0 Å². The molecule has 0 aliphatic carbocycles. The molecule has 2 amide bonds. The van der Waals surface area contributed by atoms with Crippen molar-refractivity contribution >= 4 is 11.8 Å². The average molecular weight is 591 g/mol. The lowest BCUT2D eigenvalue weighted by molar-refractivity contribution is -0.151. The summed E-state index contributed by atoms with van der Waals surface area (Å²) in [6.07, 6.45) is 0.762. The number of fused-ring (bicyclic) bond motifs is 2. The molecule has 0 saturated carbocycles. The molecule has 2 aromatic rings. The number of hydrogen-bond donors (Lipinski definition) is 2. The van der Waals surface area contributed by atoms with Crippen molar-refractivity contribution in [1.82, 2.24) is 20.4 Å². The van der Waals surface area contributed by atoms with E-state index in [9.17, 15) is 9.59 Å². The molecule has 8 nitrogen and oxygen atoms in total. The van der Waals surface area contributed by atoms with Gasteiger partial charge in [-0.3, -0.25) is 19.4 Å². The van der Waals surface area contributed by atoms with Crippen LogP contribution in [0.25, 0.3) is 0 Å². The Hall–Kier alpha value is -2.78. The summed E-state index contributed by atoms with van der Waals surface area (Å²) < 4.78 is 13.1. The van der Waals surface area contributed by atoms with Crippen LogP contribution in [0.3, 0.4) is 0 Å². The summed E-state index contributed by atoms with van der Waals surface area (Å²) in [6.45, 7) is 18.4. The molecule has 3 aliphatic heterocycles. The SMILES string of the molecule is CC(C)(C)NC(=O)C1Cc2ccccc2CN1C[C@@H]1OC(C)(C)O[C@H]1CN1Cc2ccccc2CC1C(=O)NC(C)(C)C. The van der Waals surface area contributed by atoms with Crippen LogP contribution in [0.2, 0.25) is 0 Å². The molecule has 0 radical (unpaired) electrons. The summed E-state index contributed by atoms with van der Waals surface area (Å²) in [5, 5.41) is 6.42. The van der Waals surface area contributed by atoms with Crippen LogP contribution in [0.15, 0.2) is 48.5 Å². The zero-order valence-corrected chi connectivity index (χ0v) is 27.2. The first-order chi connectivity index (χ1) is 20.1. The van der Waals surface area contributed by atoms with E-state index in [0.717, 1.165) is 0 Å². The fourth-order valence-electron chi connectivity index (χ4n) is 6.64. The first-order valence-corrected chi connectivity index (χ1v) is 15.7. The van der Waals surface area contributed by atoms with Gasteiger partial charge in [-0.1, -0.05) is 48.5 Å². The Morgan fingerprint density at radius 3 is 1.40 bits per heavy atom. The standard InChI is InChI=1S/C35H50N4O4/c1-33(2,3)36-31(40)27-17-23-13-9-11-15-25(23)19-38(27)21-29-30(43-35(7,8)42-29)22-39-20-26-16-12-10-14-24(26)18-28(39)32(41)37-34(4,5)6/h9-16,27-30H,17-22H2,1-8H3,(H,36,40)(H,37,41)/t27?,28?,29-,30-/m0/s1. The maximum Gasteiger partial charge on any atom is 0.238 e. The van der Waals surface area contributed by atoms with Crippen molar-refractivity contribution in [2.75, 3.05) is 13.1 Å². The first-order valence-electron chi connectivity index (χ1n) is 15.7. The number of nitrogens with zero attached hydrogens (tertiary/aromatic N) is 2. The molecule has 3 aliphatic rings. The topological polar surface area (TPSA) is 83.1 Å². The van der Waals surface area contributed by atoms with Crippen LogP contribution in [0, 0.1) is 0 Å². The Kier molecular flexibility index (Phi) is 8.80. The van der Waals surface area contributed by atoms with Gasteiger partial charge in [0.25, 0.3) is 0 Å². The quantitative estimate of drug-likeness (QED) is 0.525.